The first kappa shape index (κ1) is 32.0. The van der Waals surface area contributed by atoms with Gasteiger partial charge in [-0.05, 0) is 86.3 Å². The molecule has 10 rings (SSSR count). The molecule has 1 heterocycles. The second kappa shape index (κ2) is 13.7. The highest BCUT2D eigenvalue weighted by molar-refractivity contribution is 7.26. The van der Waals surface area contributed by atoms with E-state index in [1.165, 1.54) is 81.1 Å². The van der Waals surface area contributed by atoms with Crippen LogP contribution in [0.5, 0.6) is 0 Å². The molecule has 0 amide bonds. The molecule has 0 fully saturated rings. The van der Waals surface area contributed by atoms with E-state index in [2.05, 4.69) is 217 Å². The van der Waals surface area contributed by atoms with Crippen molar-refractivity contribution in [2.24, 2.45) is 0 Å². The summed E-state index contributed by atoms with van der Waals surface area (Å²) in [6.45, 7) is 0. The zero-order valence-electron chi connectivity index (χ0n) is 29.6. The van der Waals surface area contributed by atoms with E-state index in [1.807, 2.05) is 11.3 Å². The third-order valence-corrected chi connectivity index (χ3v) is 11.8. The summed E-state index contributed by atoms with van der Waals surface area (Å²) in [5.74, 6) is 0. The van der Waals surface area contributed by atoms with Gasteiger partial charge in [0.25, 0.3) is 0 Å². The van der Waals surface area contributed by atoms with E-state index in [-0.39, 0.29) is 0 Å². The van der Waals surface area contributed by atoms with Gasteiger partial charge < -0.3 is 4.90 Å². The number of anilines is 3. The number of thiophene rings is 1. The number of hydrogen-bond acceptors (Lipinski definition) is 2. The SMILES string of the molecule is c1ccc(-c2cccc3c2sc2c(-c4cccc(-c5ccc(-c6ccc(N(c7ccccc7)c7cccc8ccccc78)cc6)cc5)c4)cccc23)cc1. The first-order valence-corrected chi connectivity index (χ1v) is 19.2. The Morgan fingerprint density at radius 2 is 0.759 bits per heavy atom. The van der Waals surface area contributed by atoms with Crippen molar-refractivity contribution in [1.29, 1.82) is 0 Å². The van der Waals surface area contributed by atoms with E-state index in [0.717, 1.165) is 11.4 Å². The number of fused-ring (bicyclic) bond motifs is 4. The molecular formula is C52H35NS. The predicted octanol–water partition coefficient (Wildman–Crippen LogP) is 15.3. The summed E-state index contributed by atoms with van der Waals surface area (Å²) in [7, 11) is 0. The van der Waals surface area contributed by atoms with E-state index >= 15 is 0 Å². The van der Waals surface area contributed by atoms with Crippen LogP contribution in [0.4, 0.5) is 17.1 Å². The van der Waals surface area contributed by atoms with E-state index in [9.17, 15) is 0 Å². The second-order valence-electron chi connectivity index (χ2n) is 13.7. The lowest BCUT2D eigenvalue weighted by Gasteiger charge is -2.27. The van der Waals surface area contributed by atoms with E-state index < -0.39 is 0 Å². The van der Waals surface area contributed by atoms with Crippen LogP contribution in [0, 0.1) is 0 Å². The standard InChI is InChI=1S/C52H35NS/c1-3-13-40(14-4-1)46-22-11-24-48-49-25-12-23-47(52(49)54-51(46)48)42-18-9-17-41(35-42)38-29-27-36(28-30-38)37-31-33-44(34-32-37)53(43-19-5-2-6-20-43)50-26-10-16-39-15-7-8-21-45(39)50/h1-35H. The van der Waals surface area contributed by atoms with Crippen molar-refractivity contribution in [3.8, 4) is 44.5 Å². The minimum Gasteiger partial charge on any atom is -0.310 e. The Hall–Kier alpha value is -6.74. The minimum atomic E-state index is 1.12. The summed E-state index contributed by atoms with van der Waals surface area (Å²) < 4.78 is 2.67. The maximum Gasteiger partial charge on any atom is 0.0540 e. The van der Waals surface area contributed by atoms with Crippen LogP contribution in [-0.2, 0) is 0 Å². The highest BCUT2D eigenvalue weighted by Crippen LogP contribution is 2.44. The van der Waals surface area contributed by atoms with E-state index in [0.29, 0.717) is 0 Å². The molecule has 0 bridgehead atoms. The number of benzene rings is 9. The zero-order chi connectivity index (χ0) is 35.8. The molecular weight excluding hydrogens is 671 g/mol. The first-order valence-electron chi connectivity index (χ1n) is 18.4. The van der Waals surface area contributed by atoms with Crippen molar-refractivity contribution >= 4 is 59.3 Å². The maximum atomic E-state index is 2.35. The second-order valence-corrected chi connectivity index (χ2v) is 14.7. The Kier molecular flexibility index (Phi) is 8.09. The molecule has 1 aromatic heterocycles. The van der Waals surface area contributed by atoms with Gasteiger partial charge in [0.2, 0.25) is 0 Å². The summed E-state index contributed by atoms with van der Waals surface area (Å²) >= 11 is 1.90. The van der Waals surface area contributed by atoms with Gasteiger partial charge in [-0.2, -0.15) is 0 Å². The van der Waals surface area contributed by atoms with Crippen LogP contribution in [0.25, 0.3) is 75.5 Å². The molecule has 0 aliphatic carbocycles. The summed E-state index contributed by atoms with van der Waals surface area (Å²) in [5.41, 5.74) is 13.3. The van der Waals surface area contributed by atoms with Crippen LogP contribution < -0.4 is 4.90 Å². The Labute approximate surface area is 319 Å². The molecule has 1 nitrogen and oxygen atoms in total. The van der Waals surface area contributed by atoms with Gasteiger partial charge in [0.1, 0.15) is 0 Å². The molecule has 10 aromatic rings. The minimum absolute atomic E-state index is 1.12. The topological polar surface area (TPSA) is 3.24 Å². The third kappa shape index (κ3) is 5.74. The summed E-state index contributed by atoms with van der Waals surface area (Å²) in [6, 6.07) is 76.9. The van der Waals surface area contributed by atoms with Crippen molar-refractivity contribution < 1.29 is 0 Å². The fourth-order valence-electron chi connectivity index (χ4n) is 7.82. The van der Waals surface area contributed by atoms with Crippen LogP contribution in [-0.4, -0.2) is 0 Å². The van der Waals surface area contributed by atoms with Gasteiger partial charge in [-0.25, -0.2) is 0 Å². The van der Waals surface area contributed by atoms with Gasteiger partial charge in [0.05, 0.1) is 5.69 Å². The van der Waals surface area contributed by atoms with Gasteiger partial charge in [-0.3, -0.25) is 0 Å². The van der Waals surface area contributed by atoms with Crippen molar-refractivity contribution in [3.63, 3.8) is 0 Å². The van der Waals surface area contributed by atoms with Crippen LogP contribution in [0.2, 0.25) is 0 Å². The highest BCUT2D eigenvalue weighted by atomic mass is 32.1. The van der Waals surface area contributed by atoms with Gasteiger partial charge in [0, 0.05) is 36.9 Å². The van der Waals surface area contributed by atoms with E-state index in [1.54, 1.807) is 0 Å². The molecule has 0 saturated carbocycles. The molecule has 2 heteroatoms. The molecule has 0 N–H and O–H groups in total. The largest absolute Gasteiger partial charge is 0.310 e. The quantitative estimate of drug-likeness (QED) is 0.160. The molecule has 0 aliphatic rings. The summed E-state index contributed by atoms with van der Waals surface area (Å²) in [4.78, 5) is 2.35. The van der Waals surface area contributed by atoms with Crippen molar-refractivity contribution in [1.82, 2.24) is 0 Å². The molecule has 0 aliphatic heterocycles. The number of rotatable bonds is 7. The molecule has 254 valence electrons. The van der Waals surface area contributed by atoms with Crippen LogP contribution in [0.15, 0.2) is 212 Å². The molecule has 0 saturated heterocycles. The van der Waals surface area contributed by atoms with Crippen molar-refractivity contribution in [3.05, 3.63) is 212 Å². The van der Waals surface area contributed by atoms with E-state index in [4.69, 9.17) is 0 Å². The Bertz CT molecular complexity index is 2900. The molecule has 9 aromatic carbocycles. The lowest BCUT2D eigenvalue weighted by atomic mass is 9.96. The third-order valence-electron chi connectivity index (χ3n) is 10.5. The average Bonchev–Trinajstić information content (AvgIpc) is 3.64. The van der Waals surface area contributed by atoms with Crippen LogP contribution in [0.3, 0.4) is 0 Å². The average molecular weight is 706 g/mol. The normalized spacial score (nSPS) is 11.3. The Morgan fingerprint density at radius 1 is 0.296 bits per heavy atom. The molecule has 54 heavy (non-hydrogen) atoms. The smallest absolute Gasteiger partial charge is 0.0540 e. The van der Waals surface area contributed by atoms with Crippen molar-refractivity contribution in [2.75, 3.05) is 4.90 Å². The number of para-hydroxylation sites is 1. The molecule has 0 spiro atoms. The molecule has 0 atom stereocenters. The highest BCUT2D eigenvalue weighted by Gasteiger charge is 2.16. The maximum absolute atomic E-state index is 2.35. The van der Waals surface area contributed by atoms with Gasteiger partial charge >= 0.3 is 0 Å². The van der Waals surface area contributed by atoms with Gasteiger partial charge in [-0.1, -0.05) is 176 Å². The Morgan fingerprint density at radius 3 is 1.46 bits per heavy atom. The van der Waals surface area contributed by atoms with Crippen molar-refractivity contribution in [2.45, 2.75) is 0 Å². The lowest BCUT2D eigenvalue weighted by Crippen LogP contribution is -2.10. The lowest BCUT2D eigenvalue weighted by molar-refractivity contribution is 1.30. The summed E-state index contributed by atoms with van der Waals surface area (Å²) in [5, 5.41) is 5.09. The van der Waals surface area contributed by atoms with Crippen LogP contribution in [0.1, 0.15) is 0 Å². The monoisotopic (exact) mass is 705 g/mol. The fraction of sp³-hybridized carbons (Fsp3) is 0. The van der Waals surface area contributed by atoms with Gasteiger partial charge in [-0.15, -0.1) is 11.3 Å². The summed E-state index contributed by atoms with van der Waals surface area (Å²) in [6.07, 6.45) is 0. The molecule has 0 radical (unpaired) electrons. The van der Waals surface area contributed by atoms with Crippen LogP contribution >= 0.6 is 11.3 Å². The number of hydrogen-bond donors (Lipinski definition) is 0. The number of nitrogens with zero attached hydrogens (tertiary/aromatic N) is 1. The molecule has 0 unspecified atom stereocenters. The Balaban J connectivity index is 0.961. The predicted molar refractivity (Wildman–Crippen MR) is 233 cm³/mol. The first-order chi connectivity index (χ1) is 26.8. The van der Waals surface area contributed by atoms with Gasteiger partial charge in [0.15, 0.2) is 0 Å². The zero-order valence-corrected chi connectivity index (χ0v) is 30.4. The fourth-order valence-corrected chi connectivity index (χ4v) is 9.20.